The molecule has 4 nitrogen and oxygen atoms in total. The molecule has 0 saturated heterocycles. The summed E-state index contributed by atoms with van der Waals surface area (Å²) >= 11 is 0. The molecule has 0 bridgehead atoms. The van der Waals surface area contributed by atoms with E-state index in [1.807, 2.05) is 6.08 Å². The molecule has 21 heavy (non-hydrogen) atoms. The summed E-state index contributed by atoms with van der Waals surface area (Å²) in [6.07, 6.45) is 5.70. The molecule has 0 aromatic carbocycles. The minimum absolute atomic E-state index is 0.308. The van der Waals surface area contributed by atoms with Crippen LogP contribution in [0.4, 0.5) is 0 Å². The molecule has 2 aliphatic carbocycles. The summed E-state index contributed by atoms with van der Waals surface area (Å²) in [5, 5.41) is 0. The van der Waals surface area contributed by atoms with Crippen LogP contribution < -0.4 is 0 Å². The second-order valence-electron chi connectivity index (χ2n) is 6.35. The van der Waals surface area contributed by atoms with Crippen molar-refractivity contribution in [1.29, 1.82) is 0 Å². The molecule has 1 aliphatic heterocycles. The molecular formula is C17H20O4. The van der Waals surface area contributed by atoms with Crippen molar-refractivity contribution in [2.45, 2.75) is 46.6 Å². The highest BCUT2D eigenvalue weighted by molar-refractivity contribution is 5.95. The quantitative estimate of drug-likeness (QED) is 0.696. The molecule has 0 fully saturated rings. The molecule has 0 aromatic rings. The van der Waals surface area contributed by atoms with Gasteiger partial charge in [0.2, 0.25) is 0 Å². The van der Waals surface area contributed by atoms with Crippen LogP contribution in [0, 0.1) is 11.3 Å². The van der Waals surface area contributed by atoms with Gasteiger partial charge in [0.15, 0.2) is 0 Å². The van der Waals surface area contributed by atoms with Gasteiger partial charge in [-0.05, 0) is 37.3 Å². The lowest BCUT2D eigenvalue weighted by atomic mass is 9.59. The molecule has 0 N–H and O–H groups in total. The molecule has 0 unspecified atom stereocenters. The summed E-state index contributed by atoms with van der Waals surface area (Å²) in [5.41, 5.74) is 2.08. The Kier molecular flexibility index (Phi) is 3.08. The minimum atomic E-state index is -0.456. The number of allylic oxidation sites excluding steroid dienone is 2. The third-order valence-electron chi connectivity index (χ3n) is 5.17. The SMILES string of the molecule is CC(=O)O[C@@H]1C2=C(C)C(=O)OC2=CC2=CCC[C@H](C)[C@]21C. The third-order valence-corrected chi connectivity index (χ3v) is 5.17. The number of esters is 2. The van der Waals surface area contributed by atoms with Gasteiger partial charge in [0.1, 0.15) is 11.9 Å². The van der Waals surface area contributed by atoms with Crippen molar-refractivity contribution >= 4 is 11.9 Å². The Labute approximate surface area is 124 Å². The first-order chi connectivity index (χ1) is 9.85. The van der Waals surface area contributed by atoms with Gasteiger partial charge < -0.3 is 9.47 Å². The molecule has 4 heteroatoms. The largest absolute Gasteiger partial charge is 0.457 e. The maximum absolute atomic E-state index is 11.9. The fourth-order valence-corrected chi connectivity index (χ4v) is 3.66. The zero-order valence-corrected chi connectivity index (χ0v) is 12.9. The molecule has 3 aliphatic rings. The lowest BCUT2D eigenvalue weighted by molar-refractivity contribution is -0.151. The number of rotatable bonds is 1. The normalized spacial score (nSPS) is 34.6. The molecule has 0 radical (unpaired) electrons. The van der Waals surface area contributed by atoms with Gasteiger partial charge in [-0.1, -0.05) is 19.9 Å². The number of fused-ring (bicyclic) bond motifs is 2. The van der Waals surface area contributed by atoms with Gasteiger partial charge in [0.05, 0.1) is 0 Å². The van der Waals surface area contributed by atoms with Gasteiger partial charge >= 0.3 is 11.9 Å². The number of ether oxygens (including phenoxy) is 2. The summed E-state index contributed by atoms with van der Waals surface area (Å²) in [5.74, 6) is 0.223. The fourth-order valence-electron chi connectivity index (χ4n) is 3.66. The summed E-state index contributed by atoms with van der Waals surface area (Å²) in [4.78, 5) is 23.5. The number of hydrogen-bond acceptors (Lipinski definition) is 4. The van der Waals surface area contributed by atoms with E-state index in [1.165, 1.54) is 6.92 Å². The van der Waals surface area contributed by atoms with E-state index in [9.17, 15) is 9.59 Å². The lowest BCUT2D eigenvalue weighted by Gasteiger charge is -2.47. The van der Waals surface area contributed by atoms with E-state index in [-0.39, 0.29) is 17.4 Å². The van der Waals surface area contributed by atoms with E-state index >= 15 is 0 Å². The molecule has 3 atom stereocenters. The van der Waals surface area contributed by atoms with Gasteiger partial charge in [-0.2, -0.15) is 0 Å². The Morgan fingerprint density at radius 3 is 2.86 bits per heavy atom. The maximum atomic E-state index is 11.9. The Balaban J connectivity index is 2.22. The molecule has 0 aromatic heterocycles. The summed E-state index contributed by atoms with van der Waals surface area (Å²) in [6.45, 7) is 7.44. The van der Waals surface area contributed by atoms with Crippen molar-refractivity contribution in [2.24, 2.45) is 11.3 Å². The highest BCUT2D eigenvalue weighted by Crippen LogP contribution is 2.54. The first-order valence-electron chi connectivity index (χ1n) is 7.38. The average Bonchev–Trinajstić information content (AvgIpc) is 2.68. The molecule has 112 valence electrons. The van der Waals surface area contributed by atoms with E-state index in [0.29, 0.717) is 17.3 Å². The van der Waals surface area contributed by atoms with Crippen molar-refractivity contribution < 1.29 is 19.1 Å². The van der Waals surface area contributed by atoms with Gasteiger partial charge in [-0.25, -0.2) is 4.79 Å². The summed E-state index contributed by atoms with van der Waals surface area (Å²) in [7, 11) is 0. The second kappa shape index (κ2) is 4.58. The van der Waals surface area contributed by atoms with E-state index < -0.39 is 6.10 Å². The number of carbonyl (C=O) groups is 2. The van der Waals surface area contributed by atoms with Crippen molar-refractivity contribution in [1.82, 2.24) is 0 Å². The lowest BCUT2D eigenvalue weighted by Crippen LogP contribution is -2.47. The molecule has 0 spiro atoms. The Bertz CT molecular complexity index is 623. The molecule has 3 rings (SSSR count). The number of carbonyl (C=O) groups excluding carboxylic acids is 2. The van der Waals surface area contributed by atoms with Crippen LogP contribution in [0.5, 0.6) is 0 Å². The van der Waals surface area contributed by atoms with Gasteiger partial charge in [-0.15, -0.1) is 0 Å². The van der Waals surface area contributed by atoms with Gasteiger partial charge in [0.25, 0.3) is 0 Å². The van der Waals surface area contributed by atoms with Crippen LogP contribution in [0.2, 0.25) is 0 Å². The van der Waals surface area contributed by atoms with E-state index in [4.69, 9.17) is 9.47 Å². The fraction of sp³-hybridized carbons (Fsp3) is 0.529. The smallest absolute Gasteiger partial charge is 0.339 e. The first-order valence-corrected chi connectivity index (χ1v) is 7.38. The molecule has 0 amide bonds. The summed E-state index contributed by atoms with van der Waals surface area (Å²) < 4.78 is 11.0. The zero-order valence-electron chi connectivity index (χ0n) is 12.9. The van der Waals surface area contributed by atoms with Gasteiger partial charge in [-0.3, -0.25) is 4.79 Å². The predicted molar refractivity (Wildman–Crippen MR) is 77.0 cm³/mol. The number of hydrogen-bond donors (Lipinski definition) is 0. The third kappa shape index (κ3) is 1.88. The van der Waals surface area contributed by atoms with Crippen molar-refractivity contribution in [3.05, 3.63) is 34.6 Å². The van der Waals surface area contributed by atoms with Crippen LogP contribution in [0.3, 0.4) is 0 Å². The monoisotopic (exact) mass is 288 g/mol. The van der Waals surface area contributed by atoms with Crippen molar-refractivity contribution in [2.75, 3.05) is 0 Å². The van der Waals surface area contributed by atoms with Crippen LogP contribution in [0.15, 0.2) is 34.6 Å². The van der Waals surface area contributed by atoms with E-state index in [1.54, 1.807) is 6.92 Å². The van der Waals surface area contributed by atoms with E-state index in [0.717, 1.165) is 24.0 Å². The first kappa shape index (κ1) is 14.1. The van der Waals surface area contributed by atoms with Crippen LogP contribution in [0.25, 0.3) is 0 Å². The molecule has 1 heterocycles. The molecule has 0 saturated carbocycles. The van der Waals surface area contributed by atoms with Crippen LogP contribution in [-0.4, -0.2) is 18.0 Å². The Morgan fingerprint density at radius 2 is 2.19 bits per heavy atom. The van der Waals surface area contributed by atoms with Crippen LogP contribution >= 0.6 is 0 Å². The highest BCUT2D eigenvalue weighted by atomic mass is 16.6. The Morgan fingerprint density at radius 1 is 1.48 bits per heavy atom. The van der Waals surface area contributed by atoms with Crippen molar-refractivity contribution in [3.8, 4) is 0 Å². The minimum Gasteiger partial charge on any atom is -0.457 e. The molecular weight excluding hydrogens is 268 g/mol. The van der Waals surface area contributed by atoms with Crippen LogP contribution in [0.1, 0.15) is 40.5 Å². The van der Waals surface area contributed by atoms with E-state index in [2.05, 4.69) is 19.9 Å². The van der Waals surface area contributed by atoms with Gasteiger partial charge in [0, 0.05) is 23.5 Å². The predicted octanol–water partition coefficient (Wildman–Crippen LogP) is 3.05. The topological polar surface area (TPSA) is 52.6 Å². The maximum Gasteiger partial charge on any atom is 0.339 e. The van der Waals surface area contributed by atoms with Crippen molar-refractivity contribution in [3.63, 3.8) is 0 Å². The highest BCUT2D eigenvalue weighted by Gasteiger charge is 2.53. The standard InChI is InChI=1S/C17H20O4/c1-9-6-5-7-12-8-13-14(10(2)16(19)21-13)15(17(9,12)4)20-11(3)18/h7-9,15H,5-6H2,1-4H3/t9-,15+,17+/m0/s1. The Hall–Kier alpha value is -1.84. The summed E-state index contributed by atoms with van der Waals surface area (Å²) in [6, 6.07) is 0. The average molecular weight is 288 g/mol. The zero-order chi connectivity index (χ0) is 15.4. The second-order valence-corrected chi connectivity index (χ2v) is 6.35. The van der Waals surface area contributed by atoms with Crippen LogP contribution in [-0.2, 0) is 19.1 Å².